The number of hydrogen-bond donors (Lipinski definition) is 2. The largest absolute Gasteiger partial charge is 0.368 e. The first-order valence-corrected chi connectivity index (χ1v) is 6.31. The molecule has 1 aromatic rings. The summed E-state index contributed by atoms with van der Waals surface area (Å²) < 4.78 is 0. The fourth-order valence-corrected chi connectivity index (χ4v) is 1.87. The minimum atomic E-state index is -0.526. The summed E-state index contributed by atoms with van der Waals surface area (Å²) in [6, 6.07) is 0.0768. The van der Waals surface area contributed by atoms with E-state index in [0.717, 1.165) is 17.7 Å². The quantitative estimate of drug-likeness (QED) is 0.587. The number of hydrogen-bond acceptors (Lipinski definition) is 7. The van der Waals surface area contributed by atoms with Crippen molar-refractivity contribution in [2.45, 2.75) is 19.9 Å². The predicted molar refractivity (Wildman–Crippen MR) is 69.2 cm³/mol. The molecule has 94 valence electrons. The number of anilines is 2. The van der Waals surface area contributed by atoms with Gasteiger partial charge in [-0.2, -0.15) is 16.7 Å². The van der Waals surface area contributed by atoms with Gasteiger partial charge in [-0.3, -0.25) is 10.1 Å². The topological polar surface area (TPSA) is 107 Å². The molecule has 0 aliphatic carbocycles. The molecule has 0 amide bonds. The van der Waals surface area contributed by atoms with Gasteiger partial charge in [-0.1, -0.05) is 6.92 Å². The molecule has 1 rings (SSSR count). The van der Waals surface area contributed by atoms with Crippen molar-refractivity contribution in [1.82, 2.24) is 9.97 Å². The first-order valence-electron chi connectivity index (χ1n) is 5.15. The van der Waals surface area contributed by atoms with Crippen LogP contribution in [0.15, 0.2) is 6.20 Å². The van der Waals surface area contributed by atoms with Gasteiger partial charge in [0.15, 0.2) is 0 Å². The predicted octanol–water partition coefficient (Wildman–Crippen LogP) is 1.52. The van der Waals surface area contributed by atoms with E-state index in [0.29, 0.717) is 0 Å². The highest BCUT2D eigenvalue weighted by molar-refractivity contribution is 7.99. The van der Waals surface area contributed by atoms with E-state index in [1.165, 1.54) is 0 Å². The van der Waals surface area contributed by atoms with Crippen LogP contribution >= 0.6 is 11.8 Å². The Bertz CT molecular complexity index is 401. The fourth-order valence-electron chi connectivity index (χ4n) is 1.20. The first-order chi connectivity index (χ1) is 8.04. The minimum Gasteiger partial charge on any atom is -0.368 e. The highest BCUT2D eigenvalue weighted by Gasteiger charge is 2.18. The second kappa shape index (κ2) is 6.24. The second-order valence-electron chi connectivity index (χ2n) is 3.42. The average molecular weight is 257 g/mol. The van der Waals surface area contributed by atoms with E-state index in [9.17, 15) is 10.1 Å². The maximum atomic E-state index is 10.8. The fraction of sp³-hybridized carbons (Fsp3) is 0.556. The Morgan fingerprint density at radius 1 is 1.71 bits per heavy atom. The Hall–Kier alpha value is -1.57. The van der Waals surface area contributed by atoms with Crippen LogP contribution in [0.5, 0.6) is 0 Å². The molecular formula is C9H15N5O2S. The normalized spacial score (nSPS) is 12.1. The summed E-state index contributed by atoms with van der Waals surface area (Å²) in [5.41, 5.74) is 5.25. The molecular weight excluding hydrogens is 242 g/mol. The number of nitro groups is 1. The van der Waals surface area contributed by atoms with Crippen LogP contribution in [-0.4, -0.2) is 32.4 Å². The van der Waals surface area contributed by atoms with E-state index in [1.54, 1.807) is 11.8 Å². The van der Waals surface area contributed by atoms with Crippen molar-refractivity contribution in [2.24, 2.45) is 0 Å². The first kappa shape index (κ1) is 13.5. The van der Waals surface area contributed by atoms with Crippen molar-refractivity contribution in [1.29, 1.82) is 0 Å². The number of thioether (sulfide) groups is 1. The highest BCUT2D eigenvalue weighted by atomic mass is 32.2. The molecule has 0 saturated heterocycles. The van der Waals surface area contributed by atoms with Crippen LogP contribution in [0, 0.1) is 10.1 Å². The van der Waals surface area contributed by atoms with E-state index < -0.39 is 4.92 Å². The maximum absolute atomic E-state index is 10.8. The van der Waals surface area contributed by atoms with Gasteiger partial charge in [0.05, 0.1) is 4.92 Å². The highest BCUT2D eigenvalue weighted by Crippen LogP contribution is 2.22. The Morgan fingerprint density at radius 2 is 2.41 bits per heavy atom. The lowest BCUT2D eigenvalue weighted by atomic mass is 10.3. The number of rotatable bonds is 6. The molecule has 8 heteroatoms. The van der Waals surface area contributed by atoms with Crippen molar-refractivity contribution in [3.63, 3.8) is 0 Å². The number of nitrogens with zero attached hydrogens (tertiary/aromatic N) is 3. The van der Waals surface area contributed by atoms with Crippen molar-refractivity contribution in [3.05, 3.63) is 16.3 Å². The summed E-state index contributed by atoms with van der Waals surface area (Å²) in [5.74, 6) is 2.04. The number of nitrogens with one attached hydrogen (secondary N) is 1. The number of aromatic nitrogens is 2. The molecule has 1 heterocycles. The van der Waals surface area contributed by atoms with Crippen molar-refractivity contribution < 1.29 is 4.92 Å². The summed E-state index contributed by atoms with van der Waals surface area (Å²) >= 11 is 1.75. The summed E-state index contributed by atoms with van der Waals surface area (Å²) in [7, 11) is 0. The summed E-state index contributed by atoms with van der Waals surface area (Å²) in [6.07, 6.45) is 1.12. The van der Waals surface area contributed by atoms with Crippen LogP contribution in [0.25, 0.3) is 0 Å². The standard InChI is InChI=1S/C9H15N5O2S/c1-3-17-5-6(2)12-8-7(14(15)16)4-11-9(10)13-8/h4,6H,3,5H2,1-2H3,(H3,10,11,12,13). The van der Waals surface area contributed by atoms with Crippen LogP contribution in [0.2, 0.25) is 0 Å². The smallest absolute Gasteiger partial charge is 0.329 e. The zero-order valence-corrected chi connectivity index (χ0v) is 10.5. The third kappa shape index (κ3) is 4.06. The molecule has 0 fully saturated rings. The molecule has 1 unspecified atom stereocenters. The van der Waals surface area contributed by atoms with Crippen molar-refractivity contribution in [2.75, 3.05) is 22.6 Å². The zero-order chi connectivity index (χ0) is 12.8. The minimum absolute atomic E-state index is 0.0217. The molecule has 0 aliphatic rings. The van der Waals surface area contributed by atoms with Crippen molar-refractivity contribution >= 4 is 29.2 Å². The molecule has 0 bridgehead atoms. The molecule has 0 saturated carbocycles. The Morgan fingerprint density at radius 3 is 3.00 bits per heavy atom. The molecule has 0 radical (unpaired) electrons. The van der Waals surface area contributed by atoms with Crippen LogP contribution in [0.3, 0.4) is 0 Å². The molecule has 0 aliphatic heterocycles. The van der Waals surface area contributed by atoms with E-state index in [-0.39, 0.29) is 23.5 Å². The van der Waals surface area contributed by atoms with Crippen molar-refractivity contribution in [3.8, 4) is 0 Å². The molecule has 1 atom stereocenters. The van der Waals surface area contributed by atoms with Gasteiger partial charge in [-0.15, -0.1) is 0 Å². The SMILES string of the molecule is CCSCC(C)Nc1nc(N)ncc1[N+](=O)[O-]. The summed E-state index contributed by atoms with van der Waals surface area (Å²) in [6.45, 7) is 3.99. The monoisotopic (exact) mass is 257 g/mol. The molecule has 7 nitrogen and oxygen atoms in total. The third-order valence-electron chi connectivity index (χ3n) is 1.94. The van der Waals surface area contributed by atoms with E-state index in [2.05, 4.69) is 22.2 Å². The Balaban J connectivity index is 2.81. The molecule has 0 spiro atoms. The molecule has 3 N–H and O–H groups in total. The molecule has 1 aromatic heterocycles. The van der Waals surface area contributed by atoms with Gasteiger partial charge < -0.3 is 11.1 Å². The zero-order valence-electron chi connectivity index (χ0n) is 9.71. The van der Waals surface area contributed by atoms with Gasteiger partial charge in [-0.25, -0.2) is 4.98 Å². The van der Waals surface area contributed by atoms with Gasteiger partial charge in [0.1, 0.15) is 6.20 Å². The lowest BCUT2D eigenvalue weighted by Crippen LogP contribution is -2.20. The van der Waals surface area contributed by atoms with Gasteiger partial charge in [0.25, 0.3) is 0 Å². The summed E-state index contributed by atoms with van der Waals surface area (Å²) in [4.78, 5) is 17.7. The number of nitrogen functional groups attached to an aromatic ring is 1. The maximum Gasteiger partial charge on any atom is 0.329 e. The van der Waals surface area contributed by atoms with E-state index >= 15 is 0 Å². The van der Waals surface area contributed by atoms with Crippen LogP contribution < -0.4 is 11.1 Å². The second-order valence-corrected chi connectivity index (χ2v) is 4.74. The van der Waals surface area contributed by atoms with E-state index in [1.807, 2.05) is 6.92 Å². The van der Waals surface area contributed by atoms with E-state index in [4.69, 9.17) is 5.73 Å². The molecule has 17 heavy (non-hydrogen) atoms. The van der Waals surface area contributed by atoms with Crippen LogP contribution in [0.1, 0.15) is 13.8 Å². The lowest BCUT2D eigenvalue weighted by molar-refractivity contribution is -0.384. The van der Waals surface area contributed by atoms with Gasteiger partial charge in [0.2, 0.25) is 11.8 Å². The lowest BCUT2D eigenvalue weighted by Gasteiger charge is -2.13. The Kier molecular flexibility index (Phi) is 4.95. The average Bonchev–Trinajstić information content (AvgIpc) is 2.26. The summed E-state index contributed by atoms with van der Waals surface area (Å²) in [5, 5.41) is 13.7. The van der Waals surface area contributed by atoms with Crippen LogP contribution in [0.4, 0.5) is 17.5 Å². The van der Waals surface area contributed by atoms with Gasteiger partial charge in [0, 0.05) is 11.8 Å². The Labute approximate surface area is 103 Å². The number of nitrogens with two attached hydrogens (primary N) is 1. The van der Waals surface area contributed by atoms with Gasteiger partial charge >= 0.3 is 5.69 Å². The van der Waals surface area contributed by atoms with Gasteiger partial charge in [-0.05, 0) is 12.7 Å². The van der Waals surface area contributed by atoms with Crippen LogP contribution in [-0.2, 0) is 0 Å². The third-order valence-corrected chi connectivity index (χ3v) is 3.08. The molecule has 0 aromatic carbocycles.